The normalized spacial score (nSPS) is 10.9. The number of nitrogens with zero attached hydrogens (tertiary/aromatic N) is 1. The second kappa shape index (κ2) is 7.10. The fourth-order valence-corrected chi connectivity index (χ4v) is 2.44. The average molecular weight is 273 g/mol. The number of amides is 1. The van der Waals surface area contributed by atoms with Crippen molar-refractivity contribution in [3.8, 4) is 0 Å². The van der Waals surface area contributed by atoms with Crippen molar-refractivity contribution in [3.63, 3.8) is 0 Å². The topological polar surface area (TPSA) is 46.1 Å². The Labute approximate surface area is 120 Å². The van der Waals surface area contributed by atoms with E-state index in [4.69, 9.17) is 0 Å². The summed E-state index contributed by atoms with van der Waals surface area (Å²) in [7, 11) is 1.68. The largest absolute Gasteiger partial charge is 0.359 e. The number of para-hydroxylation sites is 1. The first kappa shape index (κ1) is 14.6. The van der Waals surface area contributed by atoms with Crippen LogP contribution in [0.5, 0.6) is 0 Å². The van der Waals surface area contributed by atoms with Gasteiger partial charge in [0, 0.05) is 43.7 Å². The molecule has 0 radical (unpaired) electrons. The van der Waals surface area contributed by atoms with Gasteiger partial charge in [0.25, 0.3) is 0 Å². The predicted octanol–water partition coefficient (Wildman–Crippen LogP) is 2.28. The van der Waals surface area contributed by atoms with Gasteiger partial charge in [0.15, 0.2) is 0 Å². The Morgan fingerprint density at radius 3 is 2.85 bits per heavy atom. The number of benzene rings is 1. The molecule has 0 aliphatic heterocycles. The molecule has 0 saturated heterocycles. The van der Waals surface area contributed by atoms with Crippen molar-refractivity contribution in [1.29, 1.82) is 0 Å². The van der Waals surface area contributed by atoms with E-state index in [0.29, 0.717) is 6.42 Å². The Kier molecular flexibility index (Phi) is 5.18. The molecule has 0 fully saturated rings. The van der Waals surface area contributed by atoms with Crippen molar-refractivity contribution in [2.45, 2.75) is 32.9 Å². The van der Waals surface area contributed by atoms with E-state index in [1.54, 1.807) is 7.05 Å². The van der Waals surface area contributed by atoms with Crippen LogP contribution in [0.4, 0.5) is 0 Å². The third kappa shape index (κ3) is 3.39. The average Bonchev–Trinajstić information content (AvgIpc) is 2.83. The van der Waals surface area contributed by atoms with Crippen LogP contribution >= 0.6 is 0 Å². The molecule has 0 spiro atoms. The van der Waals surface area contributed by atoms with Crippen LogP contribution < -0.4 is 10.6 Å². The van der Waals surface area contributed by atoms with Crippen LogP contribution in [0.2, 0.25) is 0 Å². The summed E-state index contributed by atoms with van der Waals surface area (Å²) in [6.45, 7) is 4.85. The van der Waals surface area contributed by atoms with Crippen LogP contribution in [0.25, 0.3) is 10.9 Å². The molecule has 0 bridgehead atoms. The Morgan fingerprint density at radius 1 is 1.30 bits per heavy atom. The van der Waals surface area contributed by atoms with Gasteiger partial charge in [-0.2, -0.15) is 0 Å². The van der Waals surface area contributed by atoms with Gasteiger partial charge in [-0.05, 0) is 24.6 Å². The van der Waals surface area contributed by atoms with Gasteiger partial charge in [0.2, 0.25) is 5.91 Å². The number of carbonyl (C=O) groups excluding carboxylic acids is 1. The molecular formula is C16H23N3O. The van der Waals surface area contributed by atoms with E-state index in [1.807, 2.05) is 0 Å². The molecule has 0 saturated carbocycles. The Morgan fingerprint density at radius 2 is 2.10 bits per heavy atom. The predicted molar refractivity (Wildman–Crippen MR) is 82.6 cm³/mol. The number of aromatic nitrogens is 1. The minimum Gasteiger partial charge on any atom is -0.359 e. The molecule has 1 aromatic carbocycles. The minimum absolute atomic E-state index is 0.106. The third-order valence-electron chi connectivity index (χ3n) is 3.52. The van der Waals surface area contributed by atoms with E-state index in [2.05, 4.69) is 52.6 Å². The molecule has 2 N–H and O–H groups in total. The summed E-state index contributed by atoms with van der Waals surface area (Å²) < 4.78 is 2.25. The van der Waals surface area contributed by atoms with Crippen LogP contribution in [0.1, 0.15) is 25.3 Å². The molecule has 0 aliphatic carbocycles. The molecule has 4 heteroatoms. The molecule has 1 amide bonds. The molecule has 0 aliphatic rings. The molecule has 0 atom stereocenters. The molecule has 20 heavy (non-hydrogen) atoms. The lowest BCUT2D eigenvalue weighted by atomic mass is 10.2. The van der Waals surface area contributed by atoms with Gasteiger partial charge in [-0.3, -0.25) is 4.79 Å². The van der Waals surface area contributed by atoms with Gasteiger partial charge >= 0.3 is 0 Å². The summed E-state index contributed by atoms with van der Waals surface area (Å²) in [6.07, 6.45) is 3.64. The summed E-state index contributed by atoms with van der Waals surface area (Å²) in [6, 6.07) is 8.45. The van der Waals surface area contributed by atoms with Crippen molar-refractivity contribution >= 4 is 16.8 Å². The maximum absolute atomic E-state index is 11.3. The SMILES string of the molecule is CCNCc1cn(CCCC(=O)NC)c2ccccc12. The maximum atomic E-state index is 11.3. The number of rotatable bonds is 7. The van der Waals surface area contributed by atoms with Crippen molar-refractivity contribution in [2.24, 2.45) is 0 Å². The number of carbonyl (C=O) groups is 1. The van der Waals surface area contributed by atoms with Crippen molar-refractivity contribution < 1.29 is 4.79 Å². The van der Waals surface area contributed by atoms with Crippen LogP contribution in [-0.4, -0.2) is 24.1 Å². The van der Waals surface area contributed by atoms with E-state index in [-0.39, 0.29) is 5.91 Å². The maximum Gasteiger partial charge on any atom is 0.219 e. The monoisotopic (exact) mass is 273 g/mol. The number of hydrogen-bond acceptors (Lipinski definition) is 2. The van der Waals surface area contributed by atoms with Crippen molar-refractivity contribution in [3.05, 3.63) is 36.0 Å². The highest BCUT2D eigenvalue weighted by molar-refractivity contribution is 5.84. The van der Waals surface area contributed by atoms with Gasteiger partial charge < -0.3 is 15.2 Å². The van der Waals surface area contributed by atoms with Gasteiger partial charge in [0.05, 0.1) is 0 Å². The quantitative estimate of drug-likeness (QED) is 0.813. The lowest BCUT2D eigenvalue weighted by molar-refractivity contribution is -0.120. The second-order valence-electron chi connectivity index (χ2n) is 4.92. The molecular weight excluding hydrogens is 250 g/mol. The van der Waals surface area contributed by atoms with E-state index in [9.17, 15) is 4.79 Å². The van der Waals surface area contributed by atoms with Gasteiger partial charge in [0.1, 0.15) is 0 Å². The fraction of sp³-hybridized carbons (Fsp3) is 0.438. The second-order valence-corrected chi connectivity index (χ2v) is 4.92. The first-order valence-corrected chi connectivity index (χ1v) is 7.24. The number of hydrogen-bond donors (Lipinski definition) is 2. The molecule has 1 aromatic heterocycles. The first-order chi connectivity index (χ1) is 9.76. The number of aryl methyl sites for hydroxylation is 1. The van der Waals surface area contributed by atoms with Gasteiger partial charge in [-0.15, -0.1) is 0 Å². The summed E-state index contributed by atoms with van der Waals surface area (Å²) >= 11 is 0. The zero-order valence-corrected chi connectivity index (χ0v) is 12.3. The van der Waals surface area contributed by atoms with E-state index >= 15 is 0 Å². The van der Waals surface area contributed by atoms with E-state index in [0.717, 1.165) is 26.1 Å². The Hall–Kier alpha value is -1.81. The molecule has 2 aromatic rings. The lowest BCUT2D eigenvalue weighted by Gasteiger charge is -2.04. The Balaban J connectivity index is 2.13. The zero-order chi connectivity index (χ0) is 14.4. The number of fused-ring (bicyclic) bond motifs is 1. The highest BCUT2D eigenvalue weighted by Crippen LogP contribution is 2.21. The van der Waals surface area contributed by atoms with Gasteiger partial charge in [-0.1, -0.05) is 25.1 Å². The highest BCUT2D eigenvalue weighted by Gasteiger charge is 2.07. The van der Waals surface area contributed by atoms with Crippen LogP contribution in [0.3, 0.4) is 0 Å². The van der Waals surface area contributed by atoms with E-state index < -0.39 is 0 Å². The van der Waals surface area contributed by atoms with Crippen LogP contribution in [-0.2, 0) is 17.9 Å². The molecule has 1 heterocycles. The van der Waals surface area contributed by atoms with E-state index in [1.165, 1.54) is 16.5 Å². The third-order valence-corrected chi connectivity index (χ3v) is 3.52. The van der Waals surface area contributed by atoms with Crippen LogP contribution in [0, 0.1) is 0 Å². The minimum atomic E-state index is 0.106. The molecule has 2 rings (SSSR count). The smallest absolute Gasteiger partial charge is 0.219 e. The molecule has 108 valence electrons. The van der Waals surface area contributed by atoms with Crippen molar-refractivity contribution in [2.75, 3.05) is 13.6 Å². The Bertz CT molecular complexity index is 574. The fourth-order valence-electron chi connectivity index (χ4n) is 2.44. The summed E-state index contributed by atoms with van der Waals surface area (Å²) in [5.74, 6) is 0.106. The summed E-state index contributed by atoms with van der Waals surface area (Å²) in [4.78, 5) is 11.3. The number of nitrogens with one attached hydrogen (secondary N) is 2. The molecule has 4 nitrogen and oxygen atoms in total. The van der Waals surface area contributed by atoms with Gasteiger partial charge in [-0.25, -0.2) is 0 Å². The standard InChI is InChI=1S/C16H23N3O/c1-3-18-11-13-12-19(10-6-9-16(20)17-2)15-8-5-4-7-14(13)15/h4-5,7-8,12,18H,3,6,9-11H2,1-2H3,(H,17,20). The molecule has 0 unspecified atom stereocenters. The van der Waals surface area contributed by atoms with Crippen LogP contribution in [0.15, 0.2) is 30.5 Å². The zero-order valence-electron chi connectivity index (χ0n) is 12.3. The first-order valence-electron chi connectivity index (χ1n) is 7.24. The summed E-state index contributed by atoms with van der Waals surface area (Å²) in [5.41, 5.74) is 2.57. The summed E-state index contributed by atoms with van der Waals surface area (Å²) in [5, 5.41) is 7.34. The highest BCUT2D eigenvalue weighted by atomic mass is 16.1. The lowest BCUT2D eigenvalue weighted by Crippen LogP contribution is -2.17. The van der Waals surface area contributed by atoms with Crippen molar-refractivity contribution in [1.82, 2.24) is 15.2 Å².